The largest absolute Gasteiger partial charge is 0.492 e. The molecule has 94 valence electrons. The van der Waals surface area contributed by atoms with Gasteiger partial charge in [0.15, 0.2) is 0 Å². The van der Waals surface area contributed by atoms with Gasteiger partial charge in [-0.3, -0.25) is 4.90 Å². The Kier molecular flexibility index (Phi) is 4.40. The van der Waals surface area contributed by atoms with Crippen LogP contribution in [-0.4, -0.2) is 43.7 Å². The lowest BCUT2D eigenvalue weighted by Crippen LogP contribution is -2.50. The number of hydrogen-bond acceptors (Lipinski definition) is 3. The number of nitrogens with one attached hydrogen (secondary N) is 1. The second-order valence-corrected chi connectivity index (χ2v) is 4.75. The number of rotatable bonds is 4. The van der Waals surface area contributed by atoms with Crippen molar-refractivity contribution in [1.82, 2.24) is 10.2 Å². The van der Waals surface area contributed by atoms with Gasteiger partial charge in [-0.05, 0) is 26.0 Å². The number of hydrogen-bond donors (Lipinski definition) is 1. The third kappa shape index (κ3) is 3.72. The molecule has 0 amide bonds. The molecule has 0 radical (unpaired) electrons. The minimum atomic E-state index is 0.616. The second-order valence-electron chi connectivity index (χ2n) is 4.75. The number of piperazine rings is 1. The van der Waals surface area contributed by atoms with Gasteiger partial charge in [0.05, 0.1) is 0 Å². The number of nitrogens with zero attached hydrogens (tertiary/aromatic N) is 1. The zero-order valence-corrected chi connectivity index (χ0v) is 10.8. The normalized spacial score (nSPS) is 21.4. The highest BCUT2D eigenvalue weighted by atomic mass is 16.5. The Labute approximate surface area is 104 Å². The first kappa shape index (κ1) is 12.4. The minimum Gasteiger partial charge on any atom is -0.492 e. The summed E-state index contributed by atoms with van der Waals surface area (Å²) in [5, 5.41) is 3.40. The molecule has 1 aromatic rings. The first-order valence-corrected chi connectivity index (χ1v) is 6.40. The second kappa shape index (κ2) is 6.03. The van der Waals surface area contributed by atoms with E-state index in [1.54, 1.807) is 0 Å². The quantitative estimate of drug-likeness (QED) is 0.857. The van der Waals surface area contributed by atoms with Crippen LogP contribution < -0.4 is 10.1 Å². The fourth-order valence-corrected chi connectivity index (χ4v) is 2.13. The van der Waals surface area contributed by atoms with Crippen LogP contribution in [0.1, 0.15) is 12.5 Å². The Morgan fingerprint density at radius 3 is 2.82 bits per heavy atom. The SMILES string of the molecule is Cc1ccc(OCCN2CCNC[C@@H]2C)cc1. The van der Waals surface area contributed by atoms with Gasteiger partial charge in [-0.2, -0.15) is 0 Å². The Bertz CT molecular complexity index is 337. The summed E-state index contributed by atoms with van der Waals surface area (Å²) >= 11 is 0. The topological polar surface area (TPSA) is 24.5 Å². The summed E-state index contributed by atoms with van der Waals surface area (Å²) in [4.78, 5) is 2.48. The number of ether oxygens (including phenoxy) is 1. The van der Waals surface area contributed by atoms with E-state index in [0.29, 0.717) is 6.04 Å². The molecule has 1 aromatic carbocycles. The van der Waals surface area contributed by atoms with Gasteiger partial charge < -0.3 is 10.1 Å². The molecule has 1 saturated heterocycles. The zero-order chi connectivity index (χ0) is 12.1. The predicted octanol–water partition coefficient (Wildman–Crippen LogP) is 1.67. The van der Waals surface area contributed by atoms with E-state index in [9.17, 15) is 0 Å². The van der Waals surface area contributed by atoms with Crippen LogP contribution in [0.25, 0.3) is 0 Å². The molecule has 17 heavy (non-hydrogen) atoms. The van der Waals surface area contributed by atoms with Crippen molar-refractivity contribution >= 4 is 0 Å². The smallest absolute Gasteiger partial charge is 0.119 e. The van der Waals surface area contributed by atoms with Crippen molar-refractivity contribution in [2.75, 3.05) is 32.8 Å². The van der Waals surface area contributed by atoms with E-state index in [4.69, 9.17) is 4.74 Å². The molecule has 0 saturated carbocycles. The molecule has 1 atom stereocenters. The minimum absolute atomic E-state index is 0.616. The molecule has 1 fully saturated rings. The van der Waals surface area contributed by atoms with E-state index in [0.717, 1.165) is 38.5 Å². The number of aryl methyl sites for hydroxylation is 1. The van der Waals surface area contributed by atoms with Crippen molar-refractivity contribution in [1.29, 1.82) is 0 Å². The lowest BCUT2D eigenvalue weighted by Gasteiger charge is -2.33. The van der Waals surface area contributed by atoms with Crippen LogP contribution in [-0.2, 0) is 0 Å². The van der Waals surface area contributed by atoms with Crippen molar-refractivity contribution in [2.45, 2.75) is 19.9 Å². The van der Waals surface area contributed by atoms with Crippen molar-refractivity contribution in [2.24, 2.45) is 0 Å². The van der Waals surface area contributed by atoms with Gasteiger partial charge in [0.25, 0.3) is 0 Å². The van der Waals surface area contributed by atoms with Crippen molar-refractivity contribution in [3.05, 3.63) is 29.8 Å². The van der Waals surface area contributed by atoms with Crippen LogP contribution >= 0.6 is 0 Å². The zero-order valence-electron chi connectivity index (χ0n) is 10.8. The maximum atomic E-state index is 5.75. The summed E-state index contributed by atoms with van der Waals surface area (Å²) in [6, 6.07) is 8.86. The van der Waals surface area contributed by atoms with Crippen LogP contribution in [0.3, 0.4) is 0 Å². The number of benzene rings is 1. The Hall–Kier alpha value is -1.06. The average molecular weight is 234 g/mol. The maximum absolute atomic E-state index is 5.75. The van der Waals surface area contributed by atoms with Crippen LogP contribution in [0.15, 0.2) is 24.3 Å². The predicted molar refractivity (Wildman–Crippen MR) is 70.6 cm³/mol. The highest BCUT2D eigenvalue weighted by Crippen LogP contribution is 2.11. The summed E-state index contributed by atoms with van der Waals surface area (Å²) in [6.45, 7) is 9.44. The van der Waals surface area contributed by atoms with Crippen LogP contribution in [0.2, 0.25) is 0 Å². The highest BCUT2D eigenvalue weighted by Gasteiger charge is 2.16. The van der Waals surface area contributed by atoms with Crippen molar-refractivity contribution in [3.8, 4) is 5.75 Å². The van der Waals surface area contributed by atoms with E-state index in [2.05, 4.69) is 36.2 Å². The molecule has 1 aliphatic heterocycles. The van der Waals surface area contributed by atoms with Gasteiger partial charge in [0, 0.05) is 32.2 Å². The van der Waals surface area contributed by atoms with Gasteiger partial charge in [-0.25, -0.2) is 0 Å². The summed E-state index contributed by atoms with van der Waals surface area (Å²) < 4.78 is 5.75. The molecule has 0 unspecified atom stereocenters. The molecule has 1 aliphatic rings. The fourth-order valence-electron chi connectivity index (χ4n) is 2.13. The molecule has 1 N–H and O–H groups in total. The third-order valence-corrected chi connectivity index (χ3v) is 3.31. The molecular formula is C14H22N2O. The summed E-state index contributed by atoms with van der Waals surface area (Å²) in [7, 11) is 0. The van der Waals surface area contributed by atoms with Crippen LogP contribution in [0, 0.1) is 6.92 Å². The Morgan fingerprint density at radius 1 is 1.35 bits per heavy atom. The van der Waals surface area contributed by atoms with Gasteiger partial charge in [-0.15, -0.1) is 0 Å². The first-order valence-electron chi connectivity index (χ1n) is 6.40. The Morgan fingerprint density at radius 2 is 2.12 bits per heavy atom. The van der Waals surface area contributed by atoms with Crippen molar-refractivity contribution in [3.63, 3.8) is 0 Å². The molecule has 1 heterocycles. The molecule has 0 bridgehead atoms. The summed E-state index contributed by atoms with van der Waals surface area (Å²) in [5.41, 5.74) is 1.27. The lowest BCUT2D eigenvalue weighted by atomic mass is 10.2. The fraction of sp³-hybridized carbons (Fsp3) is 0.571. The van der Waals surface area contributed by atoms with E-state index in [-0.39, 0.29) is 0 Å². The third-order valence-electron chi connectivity index (χ3n) is 3.31. The summed E-state index contributed by atoms with van der Waals surface area (Å²) in [5.74, 6) is 0.971. The average Bonchev–Trinajstić information content (AvgIpc) is 2.34. The molecule has 0 aromatic heterocycles. The van der Waals surface area contributed by atoms with Gasteiger partial charge in [-0.1, -0.05) is 17.7 Å². The molecule has 0 spiro atoms. The lowest BCUT2D eigenvalue weighted by molar-refractivity contribution is 0.143. The Balaban J connectivity index is 1.73. The molecule has 3 heteroatoms. The van der Waals surface area contributed by atoms with E-state index >= 15 is 0 Å². The van der Waals surface area contributed by atoms with E-state index in [1.807, 2.05) is 12.1 Å². The van der Waals surface area contributed by atoms with Gasteiger partial charge in [0.2, 0.25) is 0 Å². The molecule has 2 rings (SSSR count). The van der Waals surface area contributed by atoms with E-state index < -0.39 is 0 Å². The monoisotopic (exact) mass is 234 g/mol. The standard InChI is InChI=1S/C14H22N2O/c1-12-3-5-14(6-4-12)17-10-9-16-8-7-15-11-13(16)2/h3-6,13,15H,7-11H2,1-2H3/t13-/m0/s1. The molecular weight excluding hydrogens is 212 g/mol. The van der Waals surface area contributed by atoms with Gasteiger partial charge >= 0.3 is 0 Å². The summed E-state index contributed by atoms with van der Waals surface area (Å²) in [6.07, 6.45) is 0. The first-order chi connectivity index (χ1) is 8.25. The van der Waals surface area contributed by atoms with Crippen molar-refractivity contribution < 1.29 is 4.74 Å². The van der Waals surface area contributed by atoms with E-state index in [1.165, 1.54) is 5.56 Å². The maximum Gasteiger partial charge on any atom is 0.119 e. The molecule has 0 aliphatic carbocycles. The van der Waals surface area contributed by atoms with Gasteiger partial charge in [0.1, 0.15) is 12.4 Å². The molecule has 3 nitrogen and oxygen atoms in total. The van der Waals surface area contributed by atoms with Crippen LogP contribution in [0.4, 0.5) is 0 Å². The van der Waals surface area contributed by atoms with Crippen LogP contribution in [0.5, 0.6) is 5.75 Å². The highest BCUT2D eigenvalue weighted by molar-refractivity contribution is 5.26.